The molecule has 102 valence electrons. The molecule has 0 aromatic heterocycles. The Kier molecular flexibility index (Phi) is 5.42. The van der Waals surface area contributed by atoms with Crippen LogP contribution in [-0.2, 0) is 0 Å². The predicted octanol–water partition coefficient (Wildman–Crippen LogP) is 2.07. The Balaban J connectivity index is 2.45. The molecule has 0 spiro atoms. The maximum Gasteiger partial charge on any atom is 0.0771 e. The van der Waals surface area contributed by atoms with Gasteiger partial charge in [-0.05, 0) is 24.7 Å². The minimum Gasteiger partial charge on any atom is -0.396 e. The molecule has 3 heteroatoms. The lowest BCUT2D eigenvalue weighted by atomic mass is 9.82. The molecule has 1 rings (SSSR count). The number of hydrogen-bond acceptors (Lipinski definition) is 3. The third-order valence-corrected chi connectivity index (χ3v) is 3.92. The molecule has 1 unspecified atom stereocenters. The molecule has 0 aliphatic heterocycles. The monoisotopic (exact) mass is 243 g/mol. The van der Waals surface area contributed by atoms with Crippen molar-refractivity contribution >= 4 is 0 Å². The lowest BCUT2D eigenvalue weighted by molar-refractivity contribution is -0.00177. The lowest BCUT2D eigenvalue weighted by Gasteiger charge is -2.37. The molecular weight excluding hydrogens is 214 g/mol. The predicted molar refractivity (Wildman–Crippen MR) is 71.0 cm³/mol. The van der Waals surface area contributed by atoms with E-state index in [9.17, 15) is 5.11 Å². The van der Waals surface area contributed by atoms with E-state index >= 15 is 0 Å². The maximum absolute atomic E-state index is 10.4. The zero-order valence-electron chi connectivity index (χ0n) is 11.6. The molecule has 0 heterocycles. The summed E-state index contributed by atoms with van der Waals surface area (Å²) in [7, 11) is 0. The number of nitrogens with one attached hydrogen (secondary N) is 1. The van der Waals surface area contributed by atoms with E-state index in [0.717, 1.165) is 32.1 Å². The van der Waals surface area contributed by atoms with Crippen molar-refractivity contribution in [3.63, 3.8) is 0 Å². The number of rotatable bonds is 5. The average Bonchev–Trinajstić information content (AvgIpc) is 2.23. The van der Waals surface area contributed by atoms with Crippen LogP contribution in [0, 0.1) is 5.41 Å². The largest absolute Gasteiger partial charge is 0.396 e. The van der Waals surface area contributed by atoms with Gasteiger partial charge in [-0.1, -0.05) is 40.0 Å². The van der Waals surface area contributed by atoms with Gasteiger partial charge < -0.3 is 15.5 Å². The Morgan fingerprint density at radius 1 is 1.18 bits per heavy atom. The van der Waals surface area contributed by atoms with Crippen LogP contribution in [-0.4, -0.2) is 35.0 Å². The summed E-state index contributed by atoms with van der Waals surface area (Å²) in [5, 5.41) is 23.0. The van der Waals surface area contributed by atoms with Gasteiger partial charge in [-0.15, -0.1) is 0 Å². The zero-order chi connectivity index (χ0) is 12.9. The highest BCUT2D eigenvalue weighted by Crippen LogP contribution is 2.28. The minimum absolute atomic E-state index is 0.119. The Labute approximate surface area is 106 Å². The van der Waals surface area contributed by atoms with Gasteiger partial charge in [0.2, 0.25) is 0 Å². The van der Waals surface area contributed by atoms with Crippen LogP contribution in [0.2, 0.25) is 0 Å². The second kappa shape index (κ2) is 6.17. The topological polar surface area (TPSA) is 52.5 Å². The standard InChI is InChI=1S/C14H29NO2/c1-13(2,3)12(7-10-16)15-11-14(17)8-5-4-6-9-14/h12,15-17H,4-11H2,1-3H3. The fourth-order valence-electron chi connectivity index (χ4n) is 2.67. The van der Waals surface area contributed by atoms with Crippen LogP contribution in [0.1, 0.15) is 59.3 Å². The van der Waals surface area contributed by atoms with Gasteiger partial charge in [0, 0.05) is 19.2 Å². The summed E-state index contributed by atoms with van der Waals surface area (Å²) in [4.78, 5) is 0. The third-order valence-electron chi connectivity index (χ3n) is 3.92. The van der Waals surface area contributed by atoms with E-state index < -0.39 is 5.60 Å². The summed E-state index contributed by atoms with van der Waals surface area (Å²) in [5.74, 6) is 0. The molecule has 3 N–H and O–H groups in total. The fourth-order valence-corrected chi connectivity index (χ4v) is 2.67. The minimum atomic E-state index is -0.517. The van der Waals surface area contributed by atoms with E-state index in [0.29, 0.717) is 6.54 Å². The SMILES string of the molecule is CC(C)(C)C(CCO)NCC1(O)CCCCC1. The molecule has 0 amide bonds. The Morgan fingerprint density at radius 2 is 1.76 bits per heavy atom. The summed E-state index contributed by atoms with van der Waals surface area (Å²) in [6.45, 7) is 7.38. The van der Waals surface area contributed by atoms with E-state index in [2.05, 4.69) is 26.1 Å². The molecule has 0 saturated heterocycles. The van der Waals surface area contributed by atoms with Crippen LogP contribution in [0.3, 0.4) is 0 Å². The fraction of sp³-hybridized carbons (Fsp3) is 1.00. The van der Waals surface area contributed by atoms with E-state index in [4.69, 9.17) is 5.11 Å². The van der Waals surface area contributed by atoms with Crippen LogP contribution in [0.25, 0.3) is 0 Å². The van der Waals surface area contributed by atoms with E-state index in [1.54, 1.807) is 0 Å². The molecule has 1 aliphatic rings. The summed E-state index contributed by atoms with van der Waals surface area (Å²) in [6.07, 6.45) is 6.10. The first-order chi connectivity index (χ1) is 7.87. The van der Waals surface area contributed by atoms with Crippen molar-refractivity contribution in [3.8, 4) is 0 Å². The van der Waals surface area contributed by atoms with Gasteiger partial charge in [-0.25, -0.2) is 0 Å². The van der Waals surface area contributed by atoms with Crippen molar-refractivity contribution < 1.29 is 10.2 Å². The molecule has 1 fully saturated rings. The third kappa shape index (κ3) is 4.94. The Hall–Kier alpha value is -0.120. The first-order valence-electron chi connectivity index (χ1n) is 6.94. The van der Waals surface area contributed by atoms with Crippen LogP contribution in [0.15, 0.2) is 0 Å². The van der Waals surface area contributed by atoms with E-state index in [1.807, 2.05) is 0 Å². The number of aliphatic hydroxyl groups excluding tert-OH is 1. The number of aliphatic hydroxyl groups is 2. The van der Waals surface area contributed by atoms with Gasteiger partial charge >= 0.3 is 0 Å². The van der Waals surface area contributed by atoms with Crippen molar-refractivity contribution in [2.75, 3.05) is 13.2 Å². The van der Waals surface area contributed by atoms with Gasteiger partial charge in [0.15, 0.2) is 0 Å². The lowest BCUT2D eigenvalue weighted by Crippen LogP contribution is -2.49. The molecule has 0 radical (unpaired) electrons. The molecule has 3 nitrogen and oxygen atoms in total. The quantitative estimate of drug-likeness (QED) is 0.693. The van der Waals surface area contributed by atoms with Crippen molar-refractivity contribution in [1.82, 2.24) is 5.32 Å². The highest BCUT2D eigenvalue weighted by molar-refractivity contribution is 4.88. The first kappa shape index (κ1) is 14.9. The Morgan fingerprint density at radius 3 is 2.24 bits per heavy atom. The molecule has 0 bridgehead atoms. The average molecular weight is 243 g/mol. The molecule has 1 atom stereocenters. The van der Waals surface area contributed by atoms with Crippen molar-refractivity contribution in [1.29, 1.82) is 0 Å². The molecule has 0 aromatic rings. The highest BCUT2D eigenvalue weighted by Gasteiger charge is 2.31. The maximum atomic E-state index is 10.4. The normalized spacial score (nSPS) is 22.4. The van der Waals surface area contributed by atoms with Gasteiger partial charge in [0.1, 0.15) is 0 Å². The Bertz CT molecular complexity index is 217. The molecule has 1 saturated carbocycles. The van der Waals surface area contributed by atoms with Crippen molar-refractivity contribution in [3.05, 3.63) is 0 Å². The molecular formula is C14H29NO2. The zero-order valence-corrected chi connectivity index (χ0v) is 11.6. The summed E-state index contributed by atoms with van der Waals surface area (Å²) in [6, 6.07) is 0.262. The number of hydrogen-bond donors (Lipinski definition) is 3. The first-order valence-corrected chi connectivity index (χ1v) is 6.94. The molecule has 0 aromatic carbocycles. The summed E-state index contributed by atoms with van der Waals surface area (Å²) < 4.78 is 0. The van der Waals surface area contributed by atoms with Gasteiger partial charge in [0.25, 0.3) is 0 Å². The van der Waals surface area contributed by atoms with E-state index in [1.165, 1.54) is 6.42 Å². The second-order valence-corrected chi connectivity index (χ2v) is 6.60. The molecule has 17 heavy (non-hydrogen) atoms. The highest BCUT2D eigenvalue weighted by atomic mass is 16.3. The summed E-state index contributed by atoms with van der Waals surface area (Å²) >= 11 is 0. The van der Waals surface area contributed by atoms with Gasteiger partial charge in [0.05, 0.1) is 5.60 Å². The van der Waals surface area contributed by atoms with Gasteiger partial charge in [-0.2, -0.15) is 0 Å². The van der Waals surface area contributed by atoms with Crippen LogP contribution in [0.5, 0.6) is 0 Å². The van der Waals surface area contributed by atoms with Crippen LogP contribution in [0.4, 0.5) is 0 Å². The second-order valence-electron chi connectivity index (χ2n) is 6.60. The van der Waals surface area contributed by atoms with Crippen LogP contribution < -0.4 is 5.32 Å². The van der Waals surface area contributed by atoms with Gasteiger partial charge in [-0.3, -0.25) is 0 Å². The van der Waals surface area contributed by atoms with E-state index in [-0.39, 0.29) is 18.1 Å². The van der Waals surface area contributed by atoms with Crippen molar-refractivity contribution in [2.45, 2.75) is 70.9 Å². The molecule has 1 aliphatic carbocycles. The van der Waals surface area contributed by atoms with Crippen molar-refractivity contribution in [2.24, 2.45) is 5.41 Å². The smallest absolute Gasteiger partial charge is 0.0771 e. The summed E-state index contributed by atoms with van der Waals surface area (Å²) in [5.41, 5.74) is -0.398. The van der Waals surface area contributed by atoms with Crippen LogP contribution >= 0.6 is 0 Å².